The molecule has 0 bridgehead atoms. The molecule has 1 N–H and O–H groups in total. The van der Waals surface area contributed by atoms with Gasteiger partial charge in [-0.05, 0) is 30.5 Å². The SMILES string of the molecule is CNC(=O)N1CCCC1c1ccc(F)c(F)c1. The van der Waals surface area contributed by atoms with Gasteiger partial charge >= 0.3 is 6.03 Å². The zero-order valence-electron chi connectivity index (χ0n) is 9.54. The summed E-state index contributed by atoms with van der Waals surface area (Å²) >= 11 is 0. The highest BCUT2D eigenvalue weighted by molar-refractivity contribution is 5.74. The molecule has 1 fully saturated rings. The van der Waals surface area contributed by atoms with Gasteiger partial charge in [0, 0.05) is 13.6 Å². The van der Waals surface area contributed by atoms with Crippen LogP contribution in [0, 0.1) is 11.6 Å². The van der Waals surface area contributed by atoms with Gasteiger partial charge in [0.15, 0.2) is 11.6 Å². The van der Waals surface area contributed by atoms with Gasteiger partial charge in [0.05, 0.1) is 6.04 Å². The van der Waals surface area contributed by atoms with E-state index in [1.807, 2.05) is 0 Å². The van der Waals surface area contributed by atoms with Crippen LogP contribution >= 0.6 is 0 Å². The van der Waals surface area contributed by atoms with Crippen molar-refractivity contribution in [2.24, 2.45) is 0 Å². The predicted octanol–water partition coefficient (Wildman–Crippen LogP) is 2.44. The molecule has 3 nitrogen and oxygen atoms in total. The monoisotopic (exact) mass is 240 g/mol. The first kappa shape index (κ1) is 11.8. The van der Waals surface area contributed by atoms with Crippen molar-refractivity contribution in [1.82, 2.24) is 10.2 Å². The molecule has 0 radical (unpaired) electrons. The van der Waals surface area contributed by atoms with E-state index in [4.69, 9.17) is 0 Å². The van der Waals surface area contributed by atoms with Crippen LogP contribution in [-0.2, 0) is 0 Å². The number of nitrogens with one attached hydrogen (secondary N) is 1. The second-order valence-electron chi connectivity index (χ2n) is 4.08. The number of rotatable bonds is 1. The zero-order valence-corrected chi connectivity index (χ0v) is 9.54. The van der Waals surface area contributed by atoms with Gasteiger partial charge in [0.1, 0.15) is 0 Å². The molecule has 1 atom stereocenters. The van der Waals surface area contributed by atoms with Gasteiger partial charge < -0.3 is 10.2 Å². The highest BCUT2D eigenvalue weighted by Gasteiger charge is 2.29. The average Bonchev–Trinajstić information content (AvgIpc) is 2.80. The highest BCUT2D eigenvalue weighted by atomic mass is 19.2. The van der Waals surface area contributed by atoms with Crippen molar-refractivity contribution >= 4 is 6.03 Å². The minimum absolute atomic E-state index is 0.162. The lowest BCUT2D eigenvalue weighted by atomic mass is 10.0. The van der Waals surface area contributed by atoms with Crippen LogP contribution in [0.1, 0.15) is 24.4 Å². The number of nitrogens with zero attached hydrogens (tertiary/aromatic N) is 1. The zero-order chi connectivity index (χ0) is 12.4. The van der Waals surface area contributed by atoms with Crippen LogP contribution < -0.4 is 5.32 Å². The minimum Gasteiger partial charge on any atom is -0.341 e. The van der Waals surface area contributed by atoms with Crippen molar-refractivity contribution in [3.8, 4) is 0 Å². The number of hydrogen-bond acceptors (Lipinski definition) is 1. The number of benzene rings is 1. The minimum atomic E-state index is -0.869. The molecule has 2 amide bonds. The van der Waals surface area contributed by atoms with Gasteiger partial charge in [-0.15, -0.1) is 0 Å². The Bertz CT molecular complexity index is 437. The first-order valence-corrected chi connectivity index (χ1v) is 5.57. The number of amides is 2. The Labute approximate surface area is 98.4 Å². The lowest BCUT2D eigenvalue weighted by Crippen LogP contribution is -2.37. The summed E-state index contributed by atoms with van der Waals surface area (Å²) in [6.07, 6.45) is 1.65. The molecule has 2 rings (SSSR count). The van der Waals surface area contributed by atoms with E-state index in [-0.39, 0.29) is 12.1 Å². The summed E-state index contributed by atoms with van der Waals surface area (Å²) in [5.41, 5.74) is 0.644. The largest absolute Gasteiger partial charge is 0.341 e. The molecule has 0 spiro atoms. The van der Waals surface area contributed by atoms with Crippen LogP contribution in [0.15, 0.2) is 18.2 Å². The molecule has 5 heteroatoms. The standard InChI is InChI=1S/C12H14F2N2O/c1-15-12(17)16-6-2-3-11(16)8-4-5-9(13)10(14)7-8/h4-5,7,11H,2-3,6H2,1H3,(H,15,17). The van der Waals surface area contributed by atoms with E-state index in [2.05, 4.69) is 5.32 Å². The first-order chi connectivity index (χ1) is 8.13. The number of urea groups is 1. The Morgan fingerprint density at radius 1 is 1.41 bits per heavy atom. The van der Waals surface area contributed by atoms with E-state index in [1.165, 1.54) is 12.1 Å². The fraction of sp³-hybridized carbons (Fsp3) is 0.417. The highest BCUT2D eigenvalue weighted by Crippen LogP contribution is 2.32. The molecular weight excluding hydrogens is 226 g/mol. The van der Waals surface area contributed by atoms with E-state index in [0.29, 0.717) is 12.1 Å². The van der Waals surface area contributed by atoms with Gasteiger partial charge in [-0.2, -0.15) is 0 Å². The molecule has 1 saturated heterocycles. The third kappa shape index (κ3) is 2.23. The molecule has 1 heterocycles. The van der Waals surface area contributed by atoms with Gasteiger partial charge in [-0.3, -0.25) is 0 Å². The molecule has 92 valence electrons. The summed E-state index contributed by atoms with van der Waals surface area (Å²) in [7, 11) is 1.56. The molecule has 0 aromatic heterocycles. The third-order valence-corrected chi connectivity index (χ3v) is 3.06. The van der Waals surface area contributed by atoms with Crippen molar-refractivity contribution < 1.29 is 13.6 Å². The topological polar surface area (TPSA) is 32.3 Å². The maximum absolute atomic E-state index is 13.1. The Morgan fingerprint density at radius 3 is 2.82 bits per heavy atom. The van der Waals surface area contributed by atoms with E-state index in [1.54, 1.807) is 11.9 Å². The second kappa shape index (κ2) is 4.69. The lowest BCUT2D eigenvalue weighted by Gasteiger charge is -2.24. The average molecular weight is 240 g/mol. The molecule has 1 aliphatic heterocycles. The number of carbonyl (C=O) groups excluding carboxylic acids is 1. The van der Waals surface area contributed by atoms with Gasteiger partial charge in [0.2, 0.25) is 0 Å². The van der Waals surface area contributed by atoms with Crippen molar-refractivity contribution in [1.29, 1.82) is 0 Å². The van der Waals surface area contributed by atoms with Crippen LogP contribution in [0.2, 0.25) is 0 Å². The van der Waals surface area contributed by atoms with E-state index in [9.17, 15) is 13.6 Å². The summed E-state index contributed by atoms with van der Waals surface area (Å²) < 4.78 is 26.0. The van der Waals surface area contributed by atoms with Gasteiger partial charge in [-0.25, -0.2) is 13.6 Å². The van der Waals surface area contributed by atoms with Gasteiger partial charge in [0.25, 0.3) is 0 Å². The third-order valence-electron chi connectivity index (χ3n) is 3.06. The van der Waals surface area contributed by atoms with Crippen molar-refractivity contribution in [3.05, 3.63) is 35.4 Å². The normalized spacial score (nSPS) is 19.5. The number of likely N-dealkylation sites (tertiary alicyclic amines) is 1. The molecule has 1 aliphatic rings. The molecule has 1 unspecified atom stereocenters. The second-order valence-corrected chi connectivity index (χ2v) is 4.08. The van der Waals surface area contributed by atoms with Crippen molar-refractivity contribution in [2.45, 2.75) is 18.9 Å². The van der Waals surface area contributed by atoms with Crippen molar-refractivity contribution in [2.75, 3.05) is 13.6 Å². The molecule has 0 aliphatic carbocycles. The maximum Gasteiger partial charge on any atom is 0.317 e. The first-order valence-electron chi connectivity index (χ1n) is 5.57. The number of carbonyl (C=O) groups is 1. The van der Waals surface area contributed by atoms with Crippen LogP contribution in [-0.4, -0.2) is 24.5 Å². The summed E-state index contributed by atoms with van der Waals surface area (Å²) in [4.78, 5) is 13.2. The fourth-order valence-corrected chi connectivity index (χ4v) is 2.22. The van der Waals surface area contributed by atoms with Crippen LogP contribution in [0.3, 0.4) is 0 Å². The van der Waals surface area contributed by atoms with E-state index >= 15 is 0 Å². The fourth-order valence-electron chi connectivity index (χ4n) is 2.22. The van der Waals surface area contributed by atoms with E-state index < -0.39 is 11.6 Å². The number of halogens is 2. The summed E-state index contributed by atoms with van der Waals surface area (Å²) in [6, 6.07) is 3.46. The predicted molar refractivity (Wildman–Crippen MR) is 59.5 cm³/mol. The number of hydrogen-bond donors (Lipinski definition) is 1. The molecule has 1 aromatic carbocycles. The van der Waals surface area contributed by atoms with Crippen LogP contribution in [0.4, 0.5) is 13.6 Å². The molecule has 17 heavy (non-hydrogen) atoms. The summed E-state index contributed by atoms with van der Waals surface area (Å²) in [5, 5.41) is 2.55. The Morgan fingerprint density at radius 2 is 2.18 bits per heavy atom. The Kier molecular flexibility index (Phi) is 3.26. The maximum atomic E-state index is 13.1. The summed E-state index contributed by atoms with van der Waals surface area (Å²) in [6.45, 7) is 0.642. The molecular formula is C12H14F2N2O. The quantitative estimate of drug-likeness (QED) is 0.803. The smallest absolute Gasteiger partial charge is 0.317 e. The Balaban J connectivity index is 2.26. The summed E-state index contributed by atoms with van der Waals surface area (Å²) in [5.74, 6) is -1.73. The Hall–Kier alpha value is -1.65. The van der Waals surface area contributed by atoms with E-state index in [0.717, 1.165) is 18.9 Å². The lowest BCUT2D eigenvalue weighted by molar-refractivity contribution is 0.195. The van der Waals surface area contributed by atoms with Crippen LogP contribution in [0.5, 0.6) is 0 Å². The van der Waals surface area contributed by atoms with Gasteiger partial charge in [-0.1, -0.05) is 6.07 Å². The van der Waals surface area contributed by atoms with Crippen molar-refractivity contribution in [3.63, 3.8) is 0 Å². The molecule has 0 saturated carbocycles. The van der Waals surface area contributed by atoms with Crippen LogP contribution in [0.25, 0.3) is 0 Å². The molecule has 1 aromatic rings.